The molecule has 2 N–H and O–H groups in total. The first-order chi connectivity index (χ1) is 7.50. The zero-order valence-electron chi connectivity index (χ0n) is 8.35. The molecule has 0 saturated heterocycles. The van der Waals surface area contributed by atoms with Crippen LogP contribution in [-0.2, 0) is 0 Å². The quantitative estimate of drug-likeness (QED) is 0.431. The molecule has 0 spiro atoms. The summed E-state index contributed by atoms with van der Waals surface area (Å²) in [5.41, 5.74) is -1.05. The zero-order chi connectivity index (χ0) is 11.9. The summed E-state index contributed by atoms with van der Waals surface area (Å²) in [6.45, 7) is 1.25. The first-order valence-corrected chi connectivity index (χ1v) is 4.50. The molecule has 0 bridgehead atoms. The Labute approximate surface area is 89.6 Å². The van der Waals surface area contributed by atoms with E-state index in [4.69, 9.17) is 4.42 Å². The molecule has 1 aromatic carbocycles. The van der Waals surface area contributed by atoms with E-state index in [-0.39, 0.29) is 16.9 Å². The summed E-state index contributed by atoms with van der Waals surface area (Å²) in [5.74, 6) is -1.31. The average Bonchev–Trinajstić information content (AvgIpc) is 2.23. The first-order valence-electron chi connectivity index (χ1n) is 4.50. The minimum absolute atomic E-state index is 0.0856. The Morgan fingerprint density at radius 2 is 2.00 bits per heavy atom. The number of phenols is 2. The molecular formula is C11H8O5. The number of carbonyl (C=O) groups excluding carboxylic acids is 1. The van der Waals surface area contributed by atoms with E-state index in [0.717, 1.165) is 0 Å². The molecule has 0 aliphatic heterocycles. The second kappa shape index (κ2) is 3.37. The van der Waals surface area contributed by atoms with E-state index in [2.05, 4.69) is 0 Å². The van der Waals surface area contributed by atoms with E-state index in [1.807, 2.05) is 0 Å². The lowest BCUT2D eigenvalue weighted by Gasteiger charge is -2.02. The van der Waals surface area contributed by atoms with Crippen LogP contribution < -0.4 is 5.63 Å². The lowest BCUT2D eigenvalue weighted by molar-refractivity contribution is 0.101. The molecule has 5 nitrogen and oxygen atoms in total. The normalized spacial score (nSPS) is 10.6. The summed E-state index contributed by atoms with van der Waals surface area (Å²) in [7, 11) is 0. The van der Waals surface area contributed by atoms with Crippen molar-refractivity contribution in [2.24, 2.45) is 0 Å². The number of ketones is 1. The van der Waals surface area contributed by atoms with Crippen LogP contribution in [0, 0.1) is 0 Å². The zero-order valence-corrected chi connectivity index (χ0v) is 8.35. The van der Waals surface area contributed by atoms with Crippen LogP contribution in [0.25, 0.3) is 11.0 Å². The Kier molecular flexibility index (Phi) is 2.16. The van der Waals surface area contributed by atoms with Gasteiger partial charge in [-0.15, -0.1) is 0 Å². The summed E-state index contributed by atoms with van der Waals surface area (Å²) in [4.78, 5) is 22.4. The van der Waals surface area contributed by atoms with E-state index in [9.17, 15) is 19.8 Å². The van der Waals surface area contributed by atoms with Crippen LogP contribution in [0.3, 0.4) is 0 Å². The van der Waals surface area contributed by atoms with Gasteiger partial charge in [0.2, 0.25) is 5.75 Å². The minimum Gasteiger partial charge on any atom is -0.504 e. The predicted molar refractivity (Wildman–Crippen MR) is 55.8 cm³/mol. The van der Waals surface area contributed by atoms with E-state index in [1.54, 1.807) is 0 Å². The SMILES string of the molecule is CC(=O)c1cc2ccc(O)c(O)c2oc1=O. The monoisotopic (exact) mass is 220 g/mol. The van der Waals surface area contributed by atoms with Crippen molar-refractivity contribution in [2.45, 2.75) is 6.92 Å². The molecule has 0 aliphatic rings. The van der Waals surface area contributed by atoms with E-state index in [0.29, 0.717) is 5.39 Å². The predicted octanol–water partition coefficient (Wildman–Crippen LogP) is 1.41. The van der Waals surface area contributed by atoms with Crippen molar-refractivity contribution in [3.63, 3.8) is 0 Å². The lowest BCUT2D eigenvalue weighted by Crippen LogP contribution is -2.10. The van der Waals surface area contributed by atoms with Crippen LogP contribution in [0.15, 0.2) is 27.4 Å². The molecule has 2 aromatic rings. The fourth-order valence-electron chi connectivity index (χ4n) is 1.40. The summed E-state index contributed by atoms with van der Waals surface area (Å²) < 4.78 is 4.78. The largest absolute Gasteiger partial charge is 0.504 e. The maximum atomic E-state index is 11.4. The Bertz CT molecular complexity index is 639. The third-order valence-corrected chi connectivity index (χ3v) is 2.23. The maximum absolute atomic E-state index is 11.4. The molecule has 0 aliphatic carbocycles. The highest BCUT2D eigenvalue weighted by atomic mass is 16.4. The fraction of sp³-hybridized carbons (Fsp3) is 0.0909. The molecule has 0 amide bonds. The molecule has 82 valence electrons. The van der Waals surface area contributed by atoms with Crippen LogP contribution in [0.1, 0.15) is 17.3 Å². The van der Waals surface area contributed by atoms with Crippen molar-refractivity contribution in [3.8, 4) is 11.5 Å². The molecule has 2 rings (SSSR count). The third-order valence-electron chi connectivity index (χ3n) is 2.23. The highest BCUT2D eigenvalue weighted by molar-refractivity contribution is 5.97. The number of hydrogen-bond donors (Lipinski definition) is 2. The van der Waals surface area contributed by atoms with Crippen molar-refractivity contribution < 1.29 is 19.4 Å². The molecule has 16 heavy (non-hydrogen) atoms. The number of aromatic hydroxyl groups is 2. The van der Waals surface area contributed by atoms with Gasteiger partial charge in [-0.3, -0.25) is 4.79 Å². The maximum Gasteiger partial charge on any atom is 0.347 e. The van der Waals surface area contributed by atoms with Gasteiger partial charge in [-0.25, -0.2) is 4.79 Å². The van der Waals surface area contributed by atoms with Crippen molar-refractivity contribution in [2.75, 3.05) is 0 Å². The molecule has 1 aromatic heterocycles. The molecule has 5 heteroatoms. The molecular weight excluding hydrogens is 212 g/mol. The number of rotatable bonds is 1. The van der Waals surface area contributed by atoms with Crippen molar-refractivity contribution in [1.82, 2.24) is 0 Å². The molecule has 1 heterocycles. The Morgan fingerprint density at radius 1 is 1.31 bits per heavy atom. The summed E-state index contributed by atoms with van der Waals surface area (Å²) in [6, 6.07) is 4.02. The second-order valence-corrected chi connectivity index (χ2v) is 3.36. The number of Topliss-reactive ketones (excluding diaryl/α,β-unsaturated/α-hetero) is 1. The van der Waals surface area contributed by atoms with Gasteiger partial charge >= 0.3 is 5.63 Å². The number of carbonyl (C=O) groups is 1. The molecule has 0 unspecified atom stereocenters. The summed E-state index contributed by atoms with van der Waals surface area (Å²) in [6.07, 6.45) is 0. The van der Waals surface area contributed by atoms with Gasteiger partial charge in [0, 0.05) is 5.39 Å². The Morgan fingerprint density at radius 3 is 2.62 bits per heavy atom. The standard InChI is InChI=1S/C11H8O5/c1-5(12)7-4-6-2-3-8(13)9(14)10(6)16-11(7)15/h2-4,13-14H,1H3. The average molecular weight is 220 g/mol. The Balaban J connectivity index is 2.89. The number of benzene rings is 1. The van der Waals surface area contributed by atoms with Gasteiger partial charge in [0.1, 0.15) is 5.56 Å². The van der Waals surface area contributed by atoms with Gasteiger partial charge < -0.3 is 14.6 Å². The van der Waals surface area contributed by atoms with Crippen molar-refractivity contribution in [1.29, 1.82) is 0 Å². The van der Waals surface area contributed by atoms with Gasteiger partial charge in [-0.2, -0.15) is 0 Å². The smallest absolute Gasteiger partial charge is 0.347 e. The van der Waals surface area contributed by atoms with Gasteiger partial charge in [-0.1, -0.05) is 0 Å². The van der Waals surface area contributed by atoms with Crippen LogP contribution in [0.4, 0.5) is 0 Å². The molecule has 0 radical (unpaired) electrons. The van der Waals surface area contributed by atoms with Gasteiger partial charge in [0.05, 0.1) is 0 Å². The van der Waals surface area contributed by atoms with Crippen LogP contribution >= 0.6 is 0 Å². The van der Waals surface area contributed by atoms with E-state index in [1.165, 1.54) is 25.1 Å². The number of hydrogen-bond acceptors (Lipinski definition) is 5. The topological polar surface area (TPSA) is 87.7 Å². The minimum atomic E-state index is -0.832. The first kappa shape index (κ1) is 10.2. The van der Waals surface area contributed by atoms with Crippen molar-refractivity contribution in [3.05, 3.63) is 34.2 Å². The van der Waals surface area contributed by atoms with Gasteiger partial charge in [0.15, 0.2) is 17.1 Å². The van der Waals surface area contributed by atoms with Crippen LogP contribution in [0.5, 0.6) is 11.5 Å². The van der Waals surface area contributed by atoms with E-state index < -0.39 is 17.2 Å². The third kappa shape index (κ3) is 1.42. The highest BCUT2D eigenvalue weighted by Crippen LogP contribution is 2.32. The summed E-state index contributed by atoms with van der Waals surface area (Å²) in [5, 5.41) is 19.0. The van der Waals surface area contributed by atoms with Crippen LogP contribution in [-0.4, -0.2) is 16.0 Å². The van der Waals surface area contributed by atoms with E-state index >= 15 is 0 Å². The molecule has 0 saturated carbocycles. The lowest BCUT2D eigenvalue weighted by atomic mass is 10.1. The fourth-order valence-corrected chi connectivity index (χ4v) is 1.40. The van der Waals surface area contributed by atoms with Crippen molar-refractivity contribution >= 4 is 16.8 Å². The number of fused-ring (bicyclic) bond motifs is 1. The molecule has 0 fully saturated rings. The number of phenolic OH excluding ortho intramolecular Hbond substituents is 2. The second-order valence-electron chi connectivity index (χ2n) is 3.36. The summed E-state index contributed by atoms with van der Waals surface area (Å²) >= 11 is 0. The van der Waals surface area contributed by atoms with Crippen LogP contribution in [0.2, 0.25) is 0 Å². The molecule has 0 atom stereocenters. The van der Waals surface area contributed by atoms with Gasteiger partial charge in [0.25, 0.3) is 0 Å². The van der Waals surface area contributed by atoms with Gasteiger partial charge in [-0.05, 0) is 25.1 Å². The Hall–Kier alpha value is -2.30. The highest BCUT2D eigenvalue weighted by Gasteiger charge is 2.13.